The maximum atomic E-state index is 15.4. The van der Waals surface area contributed by atoms with E-state index in [1.165, 1.54) is 30.5 Å². The maximum absolute atomic E-state index is 15.4. The molecule has 0 aliphatic rings. The average Bonchev–Trinajstić information content (AvgIpc) is 2.83. The van der Waals surface area contributed by atoms with Gasteiger partial charge in [-0.3, -0.25) is 4.79 Å². The lowest BCUT2D eigenvalue weighted by Crippen LogP contribution is -2.42. The van der Waals surface area contributed by atoms with Crippen LogP contribution >= 0.6 is 11.6 Å². The Labute approximate surface area is 228 Å². The van der Waals surface area contributed by atoms with Crippen LogP contribution in [-0.4, -0.2) is 32.1 Å². The van der Waals surface area contributed by atoms with Gasteiger partial charge >= 0.3 is 5.97 Å². The van der Waals surface area contributed by atoms with Gasteiger partial charge in [-0.15, -0.1) is 0 Å². The first kappa shape index (κ1) is 30.0. The molecule has 206 valence electrons. The number of pyridine rings is 1. The fourth-order valence-corrected chi connectivity index (χ4v) is 5.25. The largest absolute Gasteiger partial charge is 0.462 e. The van der Waals surface area contributed by atoms with E-state index in [0.717, 1.165) is 0 Å². The second-order valence-corrected chi connectivity index (χ2v) is 16.2. The van der Waals surface area contributed by atoms with Crippen molar-refractivity contribution in [3.05, 3.63) is 80.1 Å². The minimum absolute atomic E-state index is 0.0103. The van der Waals surface area contributed by atoms with Crippen molar-refractivity contribution in [3.8, 4) is 0 Å². The van der Waals surface area contributed by atoms with Gasteiger partial charge in [0.05, 0.1) is 29.8 Å². The van der Waals surface area contributed by atoms with E-state index in [1.54, 1.807) is 17.6 Å². The molecule has 3 rings (SSSR count). The van der Waals surface area contributed by atoms with Gasteiger partial charge in [0.25, 0.3) is 0 Å². The van der Waals surface area contributed by atoms with Crippen LogP contribution in [0.5, 0.6) is 0 Å². The Kier molecular flexibility index (Phi) is 9.22. The third-order valence-electron chi connectivity index (χ3n) is 7.42. The number of ether oxygens (including phenoxy) is 1. The summed E-state index contributed by atoms with van der Waals surface area (Å²) in [4.78, 5) is 26.2. The molecule has 2 aromatic carbocycles. The van der Waals surface area contributed by atoms with Gasteiger partial charge < -0.3 is 13.7 Å². The minimum Gasteiger partial charge on any atom is -0.462 e. The van der Waals surface area contributed by atoms with Crippen molar-refractivity contribution in [3.63, 3.8) is 0 Å². The zero-order valence-corrected chi connectivity index (χ0v) is 24.8. The van der Waals surface area contributed by atoms with Gasteiger partial charge in [0.15, 0.2) is 8.32 Å². The van der Waals surface area contributed by atoms with E-state index in [4.69, 9.17) is 20.8 Å². The number of halogens is 3. The zero-order valence-electron chi connectivity index (χ0n) is 23.1. The molecule has 0 radical (unpaired) electrons. The zero-order chi connectivity index (χ0) is 28.4. The molecule has 0 aliphatic carbocycles. The van der Waals surface area contributed by atoms with Gasteiger partial charge in [0.1, 0.15) is 17.2 Å². The molecule has 38 heavy (non-hydrogen) atoms. The van der Waals surface area contributed by atoms with Crippen LogP contribution in [0.25, 0.3) is 10.9 Å². The van der Waals surface area contributed by atoms with E-state index in [0.29, 0.717) is 18.5 Å². The molecule has 0 amide bonds. The fourth-order valence-electron chi connectivity index (χ4n) is 4.01. The molecule has 0 fully saturated rings. The average molecular weight is 564 g/mol. The number of benzene rings is 2. The monoisotopic (exact) mass is 563 g/mol. The van der Waals surface area contributed by atoms with Gasteiger partial charge in [-0.05, 0) is 60.8 Å². The summed E-state index contributed by atoms with van der Waals surface area (Å²) in [6.45, 7) is 14.8. The molecule has 3 aromatic rings. The Hall–Kier alpha value is -2.55. The molecular weight excluding hydrogens is 528 g/mol. The minimum atomic E-state index is -2.10. The van der Waals surface area contributed by atoms with Gasteiger partial charge in [-0.2, -0.15) is 0 Å². The Balaban J connectivity index is 2.19. The van der Waals surface area contributed by atoms with E-state index < -0.39 is 31.3 Å². The van der Waals surface area contributed by atoms with E-state index in [1.807, 2.05) is 6.92 Å². The van der Waals surface area contributed by atoms with E-state index >= 15 is 4.39 Å². The lowest BCUT2D eigenvalue weighted by molar-refractivity contribution is 0.0523. The Morgan fingerprint density at radius 3 is 2.42 bits per heavy atom. The van der Waals surface area contributed by atoms with Gasteiger partial charge in [-0.25, -0.2) is 13.6 Å². The van der Waals surface area contributed by atoms with Crippen LogP contribution in [0.1, 0.15) is 68.6 Å². The number of fused-ring (bicyclic) bond motifs is 1. The predicted octanol–water partition coefficient (Wildman–Crippen LogP) is 7.67. The highest BCUT2D eigenvalue weighted by molar-refractivity contribution is 6.74. The molecule has 0 N–H and O–H groups in total. The van der Waals surface area contributed by atoms with Crippen LogP contribution in [0.4, 0.5) is 8.78 Å². The highest BCUT2D eigenvalue weighted by Gasteiger charge is 2.37. The summed E-state index contributed by atoms with van der Waals surface area (Å²) in [7, 11) is -2.10. The number of hydrogen-bond acceptors (Lipinski definition) is 4. The van der Waals surface area contributed by atoms with E-state index in [9.17, 15) is 14.0 Å². The molecular formula is C29H36ClF2NO4Si. The number of carbonyl (C=O) groups excluding carboxylic acids is 1. The molecule has 1 atom stereocenters. The summed E-state index contributed by atoms with van der Waals surface area (Å²) in [6.07, 6.45) is 1.95. The number of rotatable bonds is 9. The molecule has 9 heteroatoms. The summed E-state index contributed by atoms with van der Waals surface area (Å²) < 4.78 is 43.3. The Morgan fingerprint density at radius 2 is 1.82 bits per heavy atom. The third-order valence-corrected chi connectivity index (χ3v) is 12.2. The van der Waals surface area contributed by atoms with Gasteiger partial charge in [-0.1, -0.05) is 51.4 Å². The SMILES string of the molecule is CCOC(=O)c1cn(C(CC)CO[Si](C)(C)C(C)(C)C)c2cc(F)c(Cc3cccc(Cl)c3F)cc2c1=O. The van der Waals surface area contributed by atoms with Crippen LogP contribution in [0, 0.1) is 11.6 Å². The van der Waals surface area contributed by atoms with Crippen molar-refractivity contribution in [2.24, 2.45) is 0 Å². The second kappa shape index (κ2) is 11.7. The highest BCUT2D eigenvalue weighted by atomic mass is 35.5. The normalized spacial score (nSPS) is 13.1. The molecule has 1 unspecified atom stereocenters. The summed E-state index contributed by atoms with van der Waals surface area (Å²) in [5.41, 5.74) is -0.0541. The van der Waals surface area contributed by atoms with Crippen LogP contribution in [-0.2, 0) is 15.6 Å². The maximum Gasteiger partial charge on any atom is 0.343 e. The Morgan fingerprint density at radius 1 is 1.13 bits per heavy atom. The first-order valence-electron chi connectivity index (χ1n) is 12.8. The first-order chi connectivity index (χ1) is 17.7. The third kappa shape index (κ3) is 6.19. The van der Waals surface area contributed by atoms with E-state index in [-0.39, 0.29) is 51.2 Å². The van der Waals surface area contributed by atoms with Gasteiger partial charge in [0.2, 0.25) is 5.43 Å². The molecule has 1 aromatic heterocycles. The summed E-state index contributed by atoms with van der Waals surface area (Å²) in [5.74, 6) is -1.98. The van der Waals surface area contributed by atoms with Gasteiger partial charge in [0, 0.05) is 18.0 Å². The van der Waals surface area contributed by atoms with Crippen molar-refractivity contribution in [2.45, 2.75) is 71.6 Å². The second-order valence-electron chi connectivity index (χ2n) is 11.0. The number of esters is 1. The molecule has 0 aliphatic heterocycles. The number of carbonyl (C=O) groups is 1. The Bertz CT molecular complexity index is 1400. The van der Waals surface area contributed by atoms with Crippen molar-refractivity contribution in [2.75, 3.05) is 13.2 Å². The molecule has 0 saturated carbocycles. The smallest absolute Gasteiger partial charge is 0.343 e. The van der Waals surface area contributed by atoms with Crippen molar-refractivity contribution in [1.82, 2.24) is 4.57 Å². The van der Waals surface area contributed by atoms with Crippen LogP contribution in [0.3, 0.4) is 0 Å². The topological polar surface area (TPSA) is 57.5 Å². The number of aromatic nitrogens is 1. The predicted molar refractivity (Wildman–Crippen MR) is 151 cm³/mol. The molecule has 0 saturated heterocycles. The lowest BCUT2D eigenvalue weighted by Gasteiger charge is -2.37. The molecule has 1 heterocycles. The summed E-state index contributed by atoms with van der Waals surface area (Å²) in [5, 5.41) is 0.0761. The first-order valence-corrected chi connectivity index (χ1v) is 16.1. The van der Waals surface area contributed by atoms with Crippen molar-refractivity contribution < 1.29 is 22.7 Å². The molecule has 5 nitrogen and oxygen atoms in total. The summed E-state index contributed by atoms with van der Waals surface area (Å²) >= 11 is 5.90. The van der Waals surface area contributed by atoms with Crippen LogP contribution in [0.2, 0.25) is 23.2 Å². The fraction of sp³-hybridized carbons (Fsp3) is 0.448. The lowest BCUT2D eigenvalue weighted by atomic mass is 10.00. The number of nitrogens with zero attached hydrogens (tertiary/aromatic N) is 1. The molecule has 0 spiro atoms. The standard InChI is InChI=1S/C29H36ClF2NO4Si/c1-8-20(17-37-38(6,7)29(3,4)5)33-16-22(28(35)36-9-2)27(34)21-14-19(24(31)15-25(21)33)13-18-11-10-12-23(30)26(18)32/h10-12,14-16,20H,8-9,13,17H2,1-7H3. The summed E-state index contributed by atoms with van der Waals surface area (Å²) in [6, 6.07) is 6.92. The highest BCUT2D eigenvalue weighted by Crippen LogP contribution is 2.37. The number of hydrogen-bond donors (Lipinski definition) is 0. The van der Waals surface area contributed by atoms with Crippen molar-refractivity contribution >= 4 is 36.8 Å². The van der Waals surface area contributed by atoms with Crippen LogP contribution < -0.4 is 5.43 Å². The molecule has 0 bridgehead atoms. The quantitative estimate of drug-likeness (QED) is 0.198. The van der Waals surface area contributed by atoms with Crippen LogP contribution in [0.15, 0.2) is 41.3 Å². The van der Waals surface area contributed by atoms with Crippen molar-refractivity contribution in [1.29, 1.82) is 0 Å². The van der Waals surface area contributed by atoms with E-state index in [2.05, 4.69) is 33.9 Å².